The second-order valence-corrected chi connectivity index (χ2v) is 6.76. The Balaban J connectivity index is 1.55. The molecule has 1 aliphatic heterocycles. The lowest BCUT2D eigenvalue weighted by Gasteiger charge is -2.35. The van der Waals surface area contributed by atoms with Crippen LogP contribution in [-0.4, -0.2) is 55.0 Å². The molecule has 1 aliphatic rings. The predicted octanol–water partition coefficient (Wildman–Crippen LogP) is 3.94. The van der Waals surface area contributed by atoms with Crippen molar-refractivity contribution in [1.29, 1.82) is 0 Å². The lowest BCUT2D eigenvalue weighted by molar-refractivity contribution is -0.0503. The van der Waals surface area contributed by atoms with Crippen LogP contribution in [0.25, 0.3) is 0 Å². The summed E-state index contributed by atoms with van der Waals surface area (Å²) in [4.78, 5) is 16.7. The first-order chi connectivity index (χ1) is 13.0. The number of alkyl halides is 2. The molecule has 0 aliphatic carbocycles. The summed E-state index contributed by atoms with van der Waals surface area (Å²) in [5.74, 6) is -0.365. The summed E-state index contributed by atoms with van der Waals surface area (Å²) in [6.45, 7) is 0.453. The van der Waals surface area contributed by atoms with Gasteiger partial charge in [0.25, 0.3) is 5.91 Å². The normalized spacial score (nSPS) is 15.2. The minimum Gasteiger partial charge on any atom is -0.434 e. The Kier molecular flexibility index (Phi) is 6.63. The summed E-state index contributed by atoms with van der Waals surface area (Å²) in [5, 5.41) is 0.766. The van der Waals surface area contributed by atoms with E-state index in [1.165, 1.54) is 12.1 Å². The van der Waals surface area contributed by atoms with E-state index in [9.17, 15) is 13.6 Å². The molecule has 2 aromatic carbocycles. The third kappa shape index (κ3) is 5.17. The van der Waals surface area contributed by atoms with Crippen molar-refractivity contribution in [2.75, 3.05) is 32.7 Å². The largest absolute Gasteiger partial charge is 0.434 e. The first-order valence-corrected chi connectivity index (χ1v) is 9.21. The molecule has 0 saturated carbocycles. The highest BCUT2D eigenvalue weighted by molar-refractivity contribution is 6.31. The molecular weight excluding hydrogens is 374 g/mol. The number of halogens is 3. The monoisotopic (exact) mass is 394 g/mol. The van der Waals surface area contributed by atoms with Gasteiger partial charge in [-0.15, -0.1) is 0 Å². The van der Waals surface area contributed by atoms with Gasteiger partial charge < -0.3 is 9.64 Å². The van der Waals surface area contributed by atoms with Gasteiger partial charge in [0.1, 0.15) is 5.75 Å². The standard InChI is InChI=1S/C20H21ClF2N2O2/c21-17-7-3-1-5-15(17)9-10-24-11-13-25(14-12-24)19(26)16-6-2-4-8-18(16)27-20(22)23/h1-8,20H,9-14H2. The van der Waals surface area contributed by atoms with E-state index in [4.69, 9.17) is 11.6 Å². The van der Waals surface area contributed by atoms with Crippen molar-refractivity contribution in [2.45, 2.75) is 13.0 Å². The second-order valence-electron chi connectivity index (χ2n) is 6.35. The minimum absolute atomic E-state index is 0.0846. The summed E-state index contributed by atoms with van der Waals surface area (Å²) in [5.41, 5.74) is 1.28. The number of carbonyl (C=O) groups is 1. The van der Waals surface area contributed by atoms with Gasteiger partial charge in [0.05, 0.1) is 5.56 Å². The molecule has 7 heteroatoms. The number of rotatable bonds is 6. The summed E-state index contributed by atoms with van der Waals surface area (Å²) >= 11 is 6.19. The van der Waals surface area contributed by atoms with E-state index in [2.05, 4.69) is 9.64 Å². The molecule has 2 aromatic rings. The van der Waals surface area contributed by atoms with Crippen molar-refractivity contribution in [3.8, 4) is 5.75 Å². The van der Waals surface area contributed by atoms with Crippen molar-refractivity contribution in [1.82, 2.24) is 9.80 Å². The van der Waals surface area contributed by atoms with Gasteiger partial charge in [-0.05, 0) is 30.2 Å². The van der Waals surface area contributed by atoms with Crippen LogP contribution in [0.1, 0.15) is 15.9 Å². The van der Waals surface area contributed by atoms with E-state index in [1.807, 2.05) is 24.3 Å². The molecule has 1 amide bonds. The van der Waals surface area contributed by atoms with Gasteiger partial charge in [-0.25, -0.2) is 0 Å². The van der Waals surface area contributed by atoms with E-state index in [1.54, 1.807) is 17.0 Å². The molecule has 0 radical (unpaired) electrons. The van der Waals surface area contributed by atoms with Gasteiger partial charge in [0, 0.05) is 37.7 Å². The Hall–Kier alpha value is -2.18. The molecule has 4 nitrogen and oxygen atoms in total. The van der Waals surface area contributed by atoms with Gasteiger partial charge in [0.15, 0.2) is 0 Å². The zero-order chi connectivity index (χ0) is 19.2. The average molecular weight is 395 g/mol. The fourth-order valence-corrected chi connectivity index (χ4v) is 3.40. The van der Waals surface area contributed by atoms with E-state index in [-0.39, 0.29) is 17.2 Å². The summed E-state index contributed by atoms with van der Waals surface area (Å²) in [6.07, 6.45) is 0.846. The van der Waals surface area contributed by atoms with Gasteiger partial charge in [-0.3, -0.25) is 9.69 Å². The number of carbonyl (C=O) groups excluding carboxylic acids is 1. The maximum absolute atomic E-state index is 12.7. The lowest BCUT2D eigenvalue weighted by atomic mass is 10.1. The Morgan fingerprint density at radius 3 is 2.41 bits per heavy atom. The molecule has 27 heavy (non-hydrogen) atoms. The van der Waals surface area contributed by atoms with Crippen LogP contribution in [0.15, 0.2) is 48.5 Å². The van der Waals surface area contributed by atoms with Crippen LogP contribution in [0.2, 0.25) is 5.02 Å². The van der Waals surface area contributed by atoms with Crippen LogP contribution in [0.3, 0.4) is 0 Å². The predicted molar refractivity (Wildman–Crippen MR) is 101 cm³/mol. The van der Waals surface area contributed by atoms with Crippen molar-refractivity contribution in [3.63, 3.8) is 0 Å². The number of amides is 1. The third-order valence-electron chi connectivity index (χ3n) is 4.65. The van der Waals surface area contributed by atoms with Crippen LogP contribution in [0, 0.1) is 0 Å². The SMILES string of the molecule is O=C(c1ccccc1OC(F)F)N1CCN(CCc2ccccc2Cl)CC1. The summed E-state index contributed by atoms with van der Waals surface area (Å²) < 4.78 is 29.6. The molecular formula is C20H21ClF2N2O2. The molecule has 0 unspecified atom stereocenters. The zero-order valence-corrected chi connectivity index (χ0v) is 15.5. The van der Waals surface area contributed by atoms with Crippen LogP contribution >= 0.6 is 11.6 Å². The Morgan fingerprint density at radius 1 is 1.04 bits per heavy atom. The number of nitrogens with zero attached hydrogens (tertiary/aromatic N) is 2. The molecule has 0 aromatic heterocycles. The molecule has 0 atom stereocenters. The van der Waals surface area contributed by atoms with Crippen LogP contribution < -0.4 is 4.74 Å². The first kappa shape index (κ1) is 19.6. The highest BCUT2D eigenvalue weighted by Crippen LogP contribution is 2.23. The van der Waals surface area contributed by atoms with Crippen molar-refractivity contribution >= 4 is 17.5 Å². The Labute approximate surface area is 162 Å². The van der Waals surface area contributed by atoms with Crippen molar-refractivity contribution < 1.29 is 18.3 Å². The van der Waals surface area contributed by atoms with Crippen LogP contribution in [-0.2, 0) is 6.42 Å². The summed E-state index contributed by atoms with van der Waals surface area (Å²) in [6, 6.07) is 13.9. The van der Waals surface area contributed by atoms with Gasteiger partial charge in [-0.1, -0.05) is 41.9 Å². The number of para-hydroxylation sites is 1. The molecule has 0 N–H and O–H groups in total. The number of benzene rings is 2. The van der Waals surface area contributed by atoms with E-state index in [0.717, 1.165) is 36.6 Å². The number of hydrogen-bond donors (Lipinski definition) is 0. The molecule has 1 saturated heterocycles. The molecule has 0 spiro atoms. The van der Waals surface area contributed by atoms with E-state index in [0.29, 0.717) is 13.1 Å². The minimum atomic E-state index is -2.96. The second kappa shape index (κ2) is 9.15. The summed E-state index contributed by atoms with van der Waals surface area (Å²) in [7, 11) is 0. The Bertz CT molecular complexity index is 780. The number of ether oxygens (including phenoxy) is 1. The Morgan fingerprint density at radius 2 is 1.70 bits per heavy atom. The zero-order valence-electron chi connectivity index (χ0n) is 14.8. The number of piperazine rings is 1. The quantitative estimate of drug-likeness (QED) is 0.744. The topological polar surface area (TPSA) is 32.8 Å². The smallest absolute Gasteiger partial charge is 0.387 e. The third-order valence-corrected chi connectivity index (χ3v) is 5.02. The molecule has 144 valence electrons. The maximum atomic E-state index is 12.7. The van der Waals surface area contributed by atoms with Gasteiger partial charge in [0.2, 0.25) is 0 Å². The first-order valence-electron chi connectivity index (χ1n) is 8.83. The van der Waals surface area contributed by atoms with Crippen LogP contribution in [0.5, 0.6) is 5.75 Å². The maximum Gasteiger partial charge on any atom is 0.387 e. The van der Waals surface area contributed by atoms with Gasteiger partial charge >= 0.3 is 6.61 Å². The fourth-order valence-electron chi connectivity index (χ4n) is 3.17. The fraction of sp³-hybridized carbons (Fsp3) is 0.350. The van der Waals surface area contributed by atoms with Gasteiger partial charge in [-0.2, -0.15) is 8.78 Å². The number of hydrogen-bond acceptors (Lipinski definition) is 3. The van der Waals surface area contributed by atoms with Crippen molar-refractivity contribution in [2.24, 2.45) is 0 Å². The highest BCUT2D eigenvalue weighted by atomic mass is 35.5. The molecule has 1 heterocycles. The molecule has 1 fully saturated rings. The highest BCUT2D eigenvalue weighted by Gasteiger charge is 2.25. The van der Waals surface area contributed by atoms with E-state index < -0.39 is 6.61 Å². The van der Waals surface area contributed by atoms with E-state index >= 15 is 0 Å². The van der Waals surface area contributed by atoms with Crippen molar-refractivity contribution in [3.05, 3.63) is 64.7 Å². The van der Waals surface area contributed by atoms with Crippen LogP contribution in [0.4, 0.5) is 8.78 Å². The molecule has 0 bridgehead atoms. The molecule has 3 rings (SSSR count). The lowest BCUT2D eigenvalue weighted by Crippen LogP contribution is -2.49. The average Bonchev–Trinajstić information content (AvgIpc) is 2.67.